The topological polar surface area (TPSA) is 67.4 Å². The van der Waals surface area contributed by atoms with Gasteiger partial charge in [-0.25, -0.2) is 0 Å². The first kappa shape index (κ1) is 17.9. The highest BCUT2D eigenvalue weighted by atomic mass is 32.1. The summed E-state index contributed by atoms with van der Waals surface area (Å²) in [4.78, 5) is 24.4. The average molecular weight is 354 g/mol. The van der Waals surface area contributed by atoms with Crippen LogP contribution in [0.5, 0.6) is 5.75 Å². The Bertz CT molecular complexity index is 692. The highest BCUT2D eigenvalue weighted by molar-refractivity contribution is 7.12. The number of amides is 2. The van der Waals surface area contributed by atoms with Crippen molar-refractivity contribution in [1.29, 1.82) is 0 Å². The van der Waals surface area contributed by atoms with Crippen LogP contribution in [0, 0.1) is 0 Å². The van der Waals surface area contributed by atoms with Gasteiger partial charge in [0.25, 0.3) is 5.91 Å². The average Bonchev–Trinajstić information content (AvgIpc) is 3.07. The zero-order chi connectivity index (χ0) is 17.5. The van der Waals surface area contributed by atoms with Gasteiger partial charge in [0.05, 0.1) is 4.88 Å². The molecule has 1 aromatic carbocycles. The van der Waals surface area contributed by atoms with Crippen molar-refractivity contribution >= 4 is 23.2 Å². The second-order valence-corrected chi connectivity index (χ2v) is 5.82. The molecule has 0 unspecified atom stereocenters. The first-order valence-corrected chi connectivity index (χ1v) is 8.00. The quantitative estimate of drug-likeness (QED) is 0.803. The van der Waals surface area contributed by atoms with Crippen molar-refractivity contribution in [3.8, 4) is 5.75 Å². The molecule has 0 spiro atoms. The fraction of sp³-hybridized carbons (Fsp3) is 0.250. The summed E-state index contributed by atoms with van der Waals surface area (Å²) in [7, 11) is 0. The minimum Gasteiger partial charge on any atom is -0.434 e. The first-order chi connectivity index (χ1) is 11.5. The summed E-state index contributed by atoms with van der Waals surface area (Å²) < 4.78 is 29.1. The SMILES string of the molecule is C[C@H](NC(=O)c1cccs1)C(=O)NCc1ccccc1OC(F)F. The van der Waals surface area contributed by atoms with Crippen molar-refractivity contribution in [2.75, 3.05) is 0 Å². The van der Waals surface area contributed by atoms with E-state index in [9.17, 15) is 18.4 Å². The molecule has 128 valence electrons. The standard InChI is InChI=1S/C16H16F2N2O3S/c1-10(20-15(22)13-7-4-8-24-13)14(21)19-9-11-5-2-3-6-12(11)23-16(17)18/h2-8,10,16H,9H2,1H3,(H,19,21)(H,20,22)/t10-/m0/s1. The fourth-order valence-electron chi connectivity index (χ4n) is 1.94. The molecule has 1 heterocycles. The van der Waals surface area contributed by atoms with Gasteiger partial charge in [0.1, 0.15) is 11.8 Å². The van der Waals surface area contributed by atoms with E-state index in [0.717, 1.165) is 0 Å². The third-order valence-corrected chi connectivity index (χ3v) is 4.00. The van der Waals surface area contributed by atoms with E-state index in [1.807, 2.05) is 0 Å². The molecular weight excluding hydrogens is 338 g/mol. The Kier molecular flexibility index (Phi) is 6.25. The highest BCUT2D eigenvalue weighted by Gasteiger charge is 2.17. The molecule has 5 nitrogen and oxygen atoms in total. The van der Waals surface area contributed by atoms with Crippen molar-refractivity contribution in [3.05, 3.63) is 52.2 Å². The van der Waals surface area contributed by atoms with Crippen molar-refractivity contribution in [2.45, 2.75) is 26.1 Å². The number of hydrogen-bond acceptors (Lipinski definition) is 4. The maximum absolute atomic E-state index is 12.3. The molecule has 0 radical (unpaired) electrons. The zero-order valence-electron chi connectivity index (χ0n) is 12.8. The van der Waals surface area contributed by atoms with Crippen LogP contribution in [0.1, 0.15) is 22.2 Å². The molecule has 0 fully saturated rings. The number of rotatable bonds is 7. The number of carbonyl (C=O) groups excluding carboxylic acids is 2. The lowest BCUT2D eigenvalue weighted by Gasteiger charge is -2.15. The van der Waals surface area contributed by atoms with Crippen molar-refractivity contribution in [1.82, 2.24) is 10.6 Å². The Balaban J connectivity index is 1.90. The van der Waals surface area contributed by atoms with E-state index in [1.165, 1.54) is 17.4 Å². The second-order valence-electron chi connectivity index (χ2n) is 4.88. The number of benzene rings is 1. The number of alkyl halides is 2. The van der Waals surface area contributed by atoms with E-state index in [1.54, 1.807) is 42.6 Å². The number of thiophene rings is 1. The summed E-state index contributed by atoms with van der Waals surface area (Å²) in [6.07, 6.45) is 0. The van der Waals surface area contributed by atoms with Crippen molar-refractivity contribution in [2.24, 2.45) is 0 Å². The third-order valence-electron chi connectivity index (χ3n) is 3.13. The molecular formula is C16H16F2N2O3S. The van der Waals surface area contributed by atoms with Gasteiger partial charge < -0.3 is 15.4 Å². The number of halogens is 2. The van der Waals surface area contributed by atoms with Gasteiger partial charge in [0, 0.05) is 12.1 Å². The summed E-state index contributed by atoms with van der Waals surface area (Å²) in [5.74, 6) is -0.760. The molecule has 2 amide bonds. The number of hydrogen-bond donors (Lipinski definition) is 2. The van der Waals surface area contributed by atoms with Crippen LogP contribution in [0.15, 0.2) is 41.8 Å². The Hall–Kier alpha value is -2.48. The van der Waals surface area contributed by atoms with E-state index in [2.05, 4.69) is 15.4 Å². The molecule has 0 saturated carbocycles. The van der Waals surface area contributed by atoms with Crippen LogP contribution in [0.25, 0.3) is 0 Å². The van der Waals surface area contributed by atoms with E-state index < -0.39 is 18.6 Å². The van der Waals surface area contributed by atoms with Crippen LogP contribution < -0.4 is 15.4 Å². The molecule has 1 aromatic heterocycles. The van der Waals surface area contributed by atoms with E-state index in [0.29, 0.717) is 10.4 Å². The van der Waals surface area contributed by atoms with Gasteiger partial charge in [-0.15, -0.1) is 11.3 Å². The number of carbonyl (C=O) groups is 2. The number of para-hydroxylation sites is 1. The molecule has 0 saturated heterocycles. The number of ether oxygens (including phenoxy) is 1. The minimum absolute atomic E-state index is 0.00285. The van der Waals surface area contributed by atoms with Gasteiger partial charge in [0.2, 0.25) is 5.91 Å². The fourth-order valence-corrected chi connectivity index (χ4v) is 2.56. The van der Waals surface area contributed by atoms with Crippen LogP contribution >= 0.6 is 11.3 Å². The molecule has 0 bridgehead atoms. The molecule has 2 N–H and O–H groups in total. The number of nitrogens with one attached hydrogen (secondary N) is 2. The molecule has 0 aliphatic rings. The Morgan fingerprint density at radius 3 is 2.62 bits per heavy atom. The molecule has 2 aromatic rings. The maximum Gasteiger partial charge on any atom is 0.387 e. The van der Waals surface area contributed by atoms with Gasteiger partial charge in [-0.1, -0.05) is 24.3 Å². The molecule has 0 aliphatic carbocycles. The van der Waals surface area contributed by atoms with Crippen molar-refractivity contribution < 1.29 is 23.1 Å². The summed E-state index contributed by atoms with van der Waals surface area (Å²) >= 11 is 1.27. The van der Waals surface area contributed by atoms with E-state index in [-0.39, 0.29) is 18.2 Å². The second kappa shape index (κ2) is 8.39. The van der Waals surface area contributed by atoms with E-state index >= 15 is 0 Å². The van der Waals surface area contributed by atoms with Crippen LogP contribution in [0.4, 0.5) is 8.78 Å². The third kappa shape index (κ3) is 5.02. The van der Waals surface area contributed by atoms with Gasteiger partial charge in [-0.3, -0.25) is 9.59 Å². The van der Waals surface area contributed by atoms with Gasteiger partial charge >= 0.3 is 6.61 Å². The Labute approximate surface area is 141 Å². The smallest absolute Gasteiger partial charge is 0.387 e. The van der Waals surface area contributed by atoms with Gasteiger partial charge in [0.15, 0.2) is 0 Å². The molecule has 8 heteroatoms. The molecule has 2 rings (SSSR count). The lowest BCUT2D eigenvalue weighted by atomic mass is 10.2. The zero-order valence-corrected chi connectivity index (χ0v) is 13.6. The predicted molar refractivity (Wildman–Crippen MR) is 86.2 cm³/mol. The maximum atomic E-state index is 12.3. The summed E-state index contributed by atoms with van der Waals surface area (Å²) in [5.41, 5.74) is 0.419. The lowest BCUT2D eigenvalue weighted by Crippen LogP contribution is -2.44. The van der Waals surface area contributed by atoms with E-state index in [4.69, 9.17) is 0 Å². The largest absolute Gasteiger partial charge is 0.434 e. The minimum atomic E-state index is -2.94. The summed E-state index contributed by atoms with van der Waals surface area (Å²) in [5, 5.41) is 6.92. The summed E-state index contributed by atoms with van der Waals surface area (Å²) in [6, 6.07) is 8.83. The summed E-state index contributed by atoms with van der Waals surface area (Å²) in [6.45, 7) is -1.38. The van der Waals surface area contributed by atoms with Crippen LogP contribution in [-0.4, -0.2) is 24.5 Å². The normalized spacial score (nSPS) is 11.8. The van der Waals surface area contributed by atoms with Gasteiger partial charge in [-0.2, -0.15) is 8.78 Å². The lowest BCUT2D eigenvalue weighted by molar-refractivity contribution is -0.122. The molecule has 24 heavy (non-hydrogen) atoms. The highest BCUT2D eigenvalue weighted by Crippen LogP contribution is 2.19. The molecule has 1 atom stereocenters. The Morgan fingerprint density at radius 1 is 1.21 bits per heavy atom. The Morgan fingerprint density at radius 2 is 1.96 bits per heavy atom. The monoisotopic (exact) mass is 354 g/mol. The van der Waals surface area contributed by atoms with Crippen LogP contribution in [0.2, 0.25) is 0 Å². The predicted octanol–water partition coefficient (Wildman–Crippen LogP) is 2.78. The molecule has 0 aliphatic heterocycles. The first-order valence-electron chi connectivity index (χ1n) is 7.12. The van der Waals surface area contributed by atoms with Crippen molar-refractivity contribution in [3.63, 3.8) is 0 Å². The van der Waals surface area contributed by atoms with Crippen LogP contribution in [-0.2, 0) is 11.3 Å². The van der Waals surface area contributed by atoms with Gasteiger partial charge in [-0.05, 0) is 24.4 Å². The van der Waals surface area contributed by atoms with Crippen LogP contribution in [0.3, 0.4) is 0 Å².